The van der Waals surface area contributed by atoms with Gasteiger partial charge in [-0.15, -0.1) is 0 Å². The van der Waals surface area contributed by atoms with Crippen LogP contribution in [0.1, 0.15) is 68.7 Å². The molecule has 1 aliphatic carbocycles. The number of carbonyl (C=O) groups is 1. The Kier molecular flexibility index (Phi) is 6.44. The number of aryl methyl sites for hydroxylation is 1. The molecule has 7 nitrogen and oxygen atoms in total. The number of amidine groups is 1. The first-order valence-corrected chi connectivity index (χ1v) is 13.5. The van der Waals surface area contributed by atoms with Crippen molar-refractivity contribution in [3.63, 3.8) is 0 Å². The molecule has 6 rings (SSSR count). The molecule has 1 amide bonds. The van der Waals surface area contributed by atoms with Crippen LogP contribution in [0.4, 0.5) is 11.4 Å². The Morgan fingerprint density at radius 3 is 2.69 bits per heavy atom. The Hall–Kier alpha value is -2.90. The Morgan fingerprint density at radius 1 is 1.08 bits per heavy atom. The van der Waals surface area contributed by atoms with Gasteiger partial charge in [0, 0.05) is 35.4 Å². The first kappa shape index (κ1) is 23.5. The molecule has 0 spiro atoms. The van der Waals surface area contributed by atoms with E-state index in [1.54, 1.807) is 0 Å². The van der Waals surface area contributed by atoms with Crippen molar-refractivity contribution in [2.24, 2.45) is 4.99 Å². The molecule has 3 heterocycles. The topological polar surface area (TPSA) is 78.0 Å². The number of hydrogen-bond acceptors (Lipinski definition) is 6. The van der Waals surface area contributed by atoms with E-state index in [1.807, 2.05) is 18.2 Å². The van der Waals surface area contributed by atoms with E-state index in [4.69, 9.17) is 9.73 Å². The smallest absolute Gasteiger partial charge is 0.290 e. The molecule has 2 saturated heterocycles. The van der Waals surface area contributed by atoms with Gasteiger partial charge >= 0.3 is 0 Å². The number of fused-ring (bicyclic) bond motifs is 4. The number of hydrogen-bond donors (Lipinski definition) is 3. The van der Waals surface area contributed by atoms with Gasteiger partial charge in [0.2, 0.25) is 5.91 Å². The van der Waals surface area contributed by atoms with E-state index in [-0.39, 0.29) is 11.9 Å². The highest BCUT2D eigenvalue weighted by molar-refractivity contribution is 5.92. The van der Waals surface area contributed by atoms with Crippen LogP contribution in [0.25, 0.3) is 0 Å². The summed E-state index contributed by atoms with van der Waals surface area (Å²) < 4.78 is 5.93. The zero-order chi connectivity index (χ0) is 24.6. The van der Waals surface area contributed by atoms with Gasteiger partial charge < -0.3 is 20.7 Å². The van der Waals surface area contributed by atoms with E-state index < -0.39 is 0 Å². The maximum absolute atomic E-state index is 12.7. The van der Waals surface area contributed by atoms with Crippen molar-refractivity contribution in [3.05, 3.63) is 59.2 Å². The van der Waals surface area contributed by atoms with E-state index in [0.29, 0.717) is 43.3 Å². The third-order valence-electron chi connectivity index (χ3n) is 8.32. The average Bonchev–Trinajstić information content (AvgIpc) is 3.41. The highest BCUT2D eigenvalue weighted by Gasteiger charge is 2.41. The van der Waals surface area contributed by atoms with Crippen molar-refractivity contribution < 1.29 is 9.53 Å². The fraction of sp³-hybridized carbons (Fsp3) is 0.517. The van der Waals surface area contributed by atoms with Gasteiger partial charge in [0.15, 0.2) is 0 Å². The normalized spacial score (nSPS) is 26.7. The van der Waals surface area contributed by atoms with Crippen molar-refractivity contribution >= 4 is 23.3 Å². The summed E-state index contributed by atoms with van der Waals surface area (Å²) in [6.07, 6.45) is 6.98. The average molecular weight is 488 g/mol. The van der Waals surface area contributed by atoms with E-state index in [9.17, 15) is 4.79 Å². The number of carbonyl (C=O) groups excluding carboxylic acids is 1. The van der Waals surface area contributed by atoms with Crippen LogP contribution in [0.5, 0.6) is 0 Å². The molecule has 0 radical (unpaired) electrons. The largest absolute Gasteiger partial charge is 0.460 e. The summed E-state index contributed by atoms with van der Waals surface area (Å²) in [5, 5.41) is 10.0. The fourth-order valence-electron chi connectivity index (χ4n) is 6.77. The van der Waals surface area contributed by atoms with Crippen LogP contribution in [0, 0.1) is 0 Å². The molecule has 190 valence electrons. The molecule has 3 N–H and O–H groups in total. The lowest BCUT2D eigenvalue weighted by Crippen LogP contribution is -2.52. The highest BCUT2D eigenvalue weighted by Crippen LogP contribution is 2.37. The molecule has 2 aromatic rings. The molecule has 3 atom stereocenters. The first-order chi connectivity index (χ1) is 17.5. The number of benzene rings is 2. The quantitative estimate of drug-likeness (QED) is 0.563. The maximum atomic E-state index is 12.7. The number of nitrogens with one attached hydrogen (secondary N) is 3. The van der Waals surface area contributed by atoms with Crippen LogP contribution in [0.15, 0.2) is 47.5 Å². The van der Waals surface area contributed by atoms with E-state index in [0.717, 1.165) is 42.6 Å². The Balaban J connectivity index is 1.02. The van der Waals surface area contributed by atoms with Crippen molar-refractivity contribution in [2.75, 3.05) is 11.9 Å². The zero-order valence-corrected chi connectivity index (χ0v) is 21.3. The standard InChI is InChI=1S/C29H37N5O2/c1-18(2)34-23-9-10-24(34)15-22(14-23)30-16-28(35)31-21-8-12-26-20(13-21)17-36-29(32-26)33-27-11-7-19-5-3-4-6-25(19)27/h3-6,8,12-13,18,22-24,27,30H,7,9-11,14-17H2,1-2H3,(H,31,35)(H,32,33)/t22?,23?,24?,27-/m1/s1. The summed E-state index contributed by atoms with van der Waals surface area (Å²) in [5.41, 5.74) is 5.39. The maximum Gasteiger partial charge on any atom is 0.290 e. The summed E-state index contributed by atoms with van der Waals surface area (Å²) >= 11 is 0. The van der Waals surface area contributed by atoms with Gasteiger partial charge in [-0.3, -0.25) is 9.69 Å². The molecule has 0 aromatic heterocycles. The lowest BCUT2D eigenvalue weighted by atomic mass is 9.96. The minimum absolute atomic E-state index is 0.00364. The Bertz CT molecular complexity index is 1150. The summed E-state index contributed by atoms with van der Waals surface area (Å²) in [4.78, 5) is 20.0. The lowest BCUT2D eigenvalue weighted by Gasteiger charge is -2.41. The summed E-state index contributed by atoms with van der Waals surface area (Å²) in [6.45, 7) is 5.38. The Labute approximate surface area is 213 Å². The van der Waals surface area contributed by atoms with Crippen LogP contribution in [-0.4, -0.2) is 47.5 Å². The number of amides is 1. The van der Waals surface area contributed by atoms with E-state index >= 15 is 0 Å². The molecule has 2 bridgehead atoms. The molecular weight excluding hydrogens is 450 g/mol. The summed E-state index contributed by atoms with van der Waals surface area (Å²) in [5.74, 6) is -0.00364. The first-order valence-electron chi connectivity index (χ1n) is 13.5. The molecule has 0 saturated carbocycles. The third kappa shape index (κ3) is 4.74. The second kappa shape index (κ2) is 9.87. The van der Waals surface area contributed by atoms with Gasteiger partial charge in [-0.2, -0.15) is 4.99 Å². The monoisotopic (exact) mass is 487 g/mol. The minimum Gasteiger partial charge on any atom is -0.460 e. The molecule has 36 heavy (non-hydrogen) atoms. The van der Waals surface area contributed by atoms with Crippen LogP contribution in [0.2, 0.25) is 0 Å². The number of nitrogens with zero attached hydrogens (tertiary/aromatic N) is 2. The van der Waals surface area contributed by atoms with Crippen molar-refractivity contribution in [2.45, 2.75) is 89.2 Å². The molecule has 2 fully saturated rings. The van der Waals surface area contributed by atoms with Crippen LogP contribution >= 0.6 is 0 Å². The number of anilines is 1. The fourth-order valence-corrected chi connectivity index (χ4v) is 6.77. The summed E-state index contributed by atoms with van der Waals surface area (Å²) in [7, 11) is 0. The number of ether oxygens (including phenoxy) is 1. The number of rotatable bonds is 6. The molecular formula is C29H37N5O2. The van der Waals surface area contributed by atoms with Crippen molar-refractivity contribution in [1.82, 2.24) is 15.5 Å². The Morgan fingerprint density at radius 2 is 1.89 bits per heavy atom. The predicted octanol–water partition coefficient (Wildman–Crippen LogP) is 4.41. The van der Waals surface area contributed by atoms with E-state index in [2.05, 4.69) is 59.0 Å². The van der Waals surface area contributed by atoms with E-state index in [1.165, 1.54) is 24.0 Å². The number of piperidine rings is 1. The van der Waals surface area contributed by atoms with Gasteiger partial charge in [0.1, 0.15) is 6.61 Å². The molecule has 2 aromatic carbocycles. The van der Waals surface area contributed by atoms with Gasteiger partial charge in [-0.25, -0.2) is 0 Å². The van der Waals surface area contributed by atoms with Gasteiger partial charge in [-0.05, 0) is 81.7 Å². The van der Waals surface area contributed by atoms with Crippen LogP contribution in [-0.2, 0) is 22.6 Å². The van der Waals surface area contributed by atoms with Crippen LogP contribution < -0.4 is 16.0 Å². The van der Waals surface area contributed by atoms with Crippen molar-refractivity contribution in [1.29, 1.82) is 0 Å². The summed E-state index contributed by atoms with van der Waals surface area (Å²) in [6, 6.07) is 17.6. The molecule has 4 aliphatic rings. The molecule has 7 heteroatoms. The lowest BCUT2D eigenvalue weighted by molar-refractivity contribution is -0.115. The second-order valence-corrected chi connectivity index (χ2v) is 11.0. The van der Waals surface area contributed by atoms with Gasteiger partial charge in [0.25, 0.3) is 6.02 Å². The minimum atomic E-state index is -0.00364. The van der Waals surface area contributed by atoms with Gasteiger partial charge in [-0.1, -0.05) is 24.3 Å². The highest BCUT2D eigenvalue weighted by atomic mass is 16.5. The SMILES string of the molecule is CC(C)N1C2CCC1CC(NCC(=O)Nc1ccc3c(c1)COC(N[C@@H]1CCc4ccccc41)=N3)C2. The van der Waals surface area contributed by atoms with Crippen LogP contribution in [0.3, 0.4) is 0 Å². The third-order valence-corrected chi connectivity index (χ3v) is 8.32. The number of aliphatic imine (C=N–C) groups is 1. The predicted molar refractivity (Wildman–Crippen MR) is 142 cm³/mol. The van der Waals surface area contributed by atoms with Crippen molar-refractivity contribution in [3.8, 4) is 0 Å². The van der Waals surface area contributed by atoms with Gasteiger partial charge in [0.05, 0.1) is 18.3 Å². The molecule has 3 aliphatic heterocycles. The molecule has 2 unspecified atom stereocenters. The zero-order valence-electron chi connectivity index (χ0n) is 21.3. The second-order valence-electron chi connectivity index (χ2n) is 11.0.